The fraction of sp³-hybridized carbons (Fsp3) is 0.0455. The fourth-order valence-corrected chi connectivity index (χ4v) is 3.35. The second-order valence-corrected chi connectivity index (χ2v) is 6.46. The maximum atomic E-state index is 4.56. The van der Waals surface area contributed by atoms with E-state index in [9.17, 15) is 0 Å². The second-order valence-electron chi connectivity index (χ2n) is 6.46. The van der Waals surface area contributed by atoms with Gasteiger partial charge in [-0.15, -0.1) is 5.10 Å². The number of benzene rings is 3. The summed E-state index contributed by atoms with van der Waals surface area (Å²) in [7, 11) is 0. The maximum Gasteiger partial charge on any atom is 0.160 e. The molecule has 0 aliphatic heterocycles. The molecular formula is C22H17N5. The average molecular weight is 351 g/mol. The Morgan fingerprint density at radius 2 is 1.59 bits per heavy atom. The number of nitrogens with one attached hydrogen (secondary N) is 1. The van der Waals surface area contributed by atoms with Crippen molar-refractivity contribution in [2.75, 3.05) is 5.32 Å². The Hall–Kier alpha value is -3.73. The summed E-state index contributed by atoms with van der Waals surface area (Å²) < 4.78 is 2.08. The zero-order chi connectivity index (χ0) is 18.2. The third-order valence-electron chi connectivity index (χ3n) is 4.72. The van der Waals surface area contributed by atoms with E-state index in [1.165, 1.54) is 0 Å². The Kier molecular flexibility index (Phi) is 3.57. The molecule has 1 N–H and O–H groups in total. The van der Waals surface area contributed by atoms with Crippen molar-refractivity contribution in [1.29, 1.82) is 0 Å². The zero-order valence-electron chi connectivity index (χ0n) is 14.8. The number of imidazole rings is 1. The minimum absolute atomic E-state index is 0.748. The van der Waals surface area contributed by atoms with Gasteiger partial charge in [0.1, 0.15) is 6.33 Å². The van der Waals surface area contributed by atoms with Crippen LogP contribution in [0.2, 0.25) is 0 Å². The summed E-state index contributed by atoms with van der Waals surface area (Å²) in [5, 5.41) is 14.2. The summed E-state index contributed by atoms with van der Waals surface area (Å²) in [5.41, 5.74) is 4.94. The van der Waals surface area contributed by atoms with Gasteiger partial charge in [-0.25, -0.2) is 4.98 Å². The molecule has 3 aromatic carbocycles. The van der Waals surface area contributed by atoms with E-state index < -0.39 is 0 Å². The van der Waals surface area contributed by atoms with Crippen LogP contribution >= 0.6 is 0 Å². The first kappa shape index (κ1) is 15.5. The van der Waals surface area contributed by atoms with Crippen LogP contribution in [0.25, 0.3) is 27.5 Å². The summed E-state index contributed by atoms with van der Waals surface area (Å²) >= 11 is 0. The van der Waals surface area contributed by atoms with Gasteiger partial charge in [-0.3, -0.25) is 4.57 Å². The van der Waals surface area contributed by atoms with Crippen molar-refractivity contribution >= 4 is 33.3 Å². The molecule has 0 unspecified atom stereocenters. The molecule has 2 aromatic heterocycles. The van der Waals surface area contributed by atoms with Gasteiger partial charge in [0.15, 0.2) is 5.82 Å². The molecular weight excluding hydrogens is 334 g/mol. The molecule has 5 nitrogen and oxygen atoms in total. The molecule has 0 aliphatic rings. The monoisotopic (exact) mass is 351 g/mol. The van der Waals surface area contributed by atoms with Crippen molar-refractivity contribution in [3.05, 3.63) is 84.8 Å². The first-order valence-corrected chi connectivity index (χ1v) is 8.81. The lowest BCUT2D eigenvalue weighted by Crippen LogP contribution is -1.99. The van der Waals surface area contributed by atoms with E-state index in [1.54, 1.807) is 0 Å². The standard InChI is InChI=1S/C22H17N5/c1-15-18-9-5-6-10-19(18)22(26-25-15)24-16-11-12-21-20(13-16)23-14-27(21)17-7-3-2-4-8-17/h2-14H,1H3,(H,24,26). The molecule has 0 saturated heterocycles. The number of aromatic nitrogens is 4. The first-order valence-electron chi connectivity index (χ1n) is 8.81. The molecule has 5 aromatic rings. The van der Waals surface area contributed by atoms with E-state index in [0.717, 1.165) is 44.7 Å². The normalized spacial score (nSPS) is 11.1. The van der Waals surface area contributed by atoms with Crippen LogP contribution in [0.1, 0.15) is 5.69 Å². The number of aryl methyl sites for hydroxylation is 1. The van der Waals surface area contributed by atoms with E-state index in [0.29, 0.717) is 0 Å². The molecule has 2 heterocycles. The van der Waals surface area contributed by atoms with Crippen LogP contribution in [0.5, 0.6) is 0 Å². The molecule has 5 rings (SSSR count). The predicted octanol–water partition coefficient (Wildman–Crippen LogP) is 5.02. The van der Waals surface area contributed by atoms with Gasteiger partial charge in [-0.2, -0.15) is 5.10 Å². The maximum absolute atomic E-state index is 4.56. The van der Waals surface area contributed by atoms with Gasteiger partial charge >= 0.3 is 0 Å². The number of anilines is 2. The van der Waals surface area contributed by atoms with E-state index in [2.05, 4.69) is 55.4 Å². The van der Waals surface area contributed by atoms with Crippen molar-refractivity contribution in [1.82, 2.24) is 19.7 Å². The van der Waals surface area contributed by atoms with E-state index in [-0.39, 0.29) is 0 Å². The molecule has 0 atom stereocenters. The Morgan fingerprint density at radius 3 is 2.44 bits per heavy atom. The highest BCUT2D eigenvalue weighted by molar-refractivity contribution is 5.94. The molecule has 0 fully saturated rings. The quantitative estimate of drug-likeness (QED) is 0.496. The number of nitrogens with zero attached hydrogens (tertiary/aromatic N) is 4. The summed E-state index contributed by atoms with van der Waals surface area (Å²) in [4.78, 5) is 4.56. The summed E-state index contributed by atoms with van der Waals surface area (Å²) in [6.07, 6.45) is 1.85. The van der Waals surface area contributed by atoms with Crippen LogP contribution in [0, 0.1) is 6.92 Å². The van der Waals surface area contributed by atoms with Crippen molar-refractivity contribution in [3.8, 4) is 5.69 Å². The molecule has 0 bridgehead atoms. The third-order valence-corrected chi connectivity index (χ3v) is 4.72. The van der Waals surface area contributed by atoms with E-state index in [1.807, 2.05) is 55.7 Å². The average Bonchev–Trinajstić information content (AvgIpc) is 3.14. The summed E-state index contributed by atoms with van der Waals surface area (Å²) in [6.45, 7) is 1.97. The first-order chi connectivity index (χ1) is 13.3. The largest absolute Gasteiger partial charge is 0.338 e. The highest BCUT2D eigenvalue weighted by atomic mass is 15.2. The molecule has 0 spiro atoms. The Labute approximate surface area is 156 Å². The van der Waals surface area contributed by atoms with Gasteiger partial charge in [0.05, 0.1) is 16.7 Å². The Morgan fingerprint density at radius 1 is 0.815 bits per heavy atom. The minimum Gasteiger partial charge on any atom is -0.338 e. The predicted molar refractivity (Wildman–Crippen MR) is 109 cm³/mol. The Balaban J connectivity index is 1.55. The van der Waals surface area contributed by atoms with E-state index in [4.69, 9.17) is 0 Å². The van der Waals surface area contributed by atoms with Crippen LogP contribution in [0.3, 0.4) is 0 Å². The second kappa shape index (κ2) is 6.21. The molecule has 5 heteroatoms. The number of hydrogen-bond donors (Lipinski definition) is 1. The van der Waals surface area contributed by atoms with Gasteiger partial charge in [0.25, 0.3) is 0 Å². The van der Waals surface area contributed by atoms with Crippen LogP contribution in [0.4, 0.5) is 11.5 Å². The highest BCUT2D eigenvalue weighted by Crippen LogP contribution is 2.27. The molecule has 0 radical (unpaired) electrons. The third kappa shape index (κ3) is 2.69. The van der Waals surface area contributed by atoms with Crippen LogP contribution in [0.15, 0.2) is 79.1 Å². The van der Waals surface area contributed by atoms with Gasteiger partial charge < -0.3 is 5.32 Å². The lowest BCUT2D eigenvalue weighted by Gasteiger charge is -2.10. The zero-order valence-corrected chi connectivity index (χ0v) is 14.8. The molecule has 0 saturated carbocycles. The molecule has 0 amide bonds. The minimum atomic E-state index is 0.748. The SMILES string of the molecule is Cc1nnc(Nc2ccc3c(c2)ncn3-c2ccccc2)c2ccccc12. The van der Waals surface area contributed by atoms with Gasteiger partial charge in [0.2, 0.25) is 0 Å². The fourth-order valence-electron chi connectivity index (χ4n) is 3.35. The lowest BCUT2D eigenvalue weighted by atomic mass is 10.1. The number of para-hydroxylation sites is 1. The van der Waals surface area contributed by atoms with Gasteiger partial charge in [-0.05, 0) is 37.3 Å². The van der Waals surface area contributed by atoms with Gasteiger partial charge in [-0.1, -0.05) is 42.5 Å². The smallest absolute Gasteiger partial charge is 0.160 e. The molecule has 0 aliphatic carbocycles. The topological polar surface area (TPSA) is 55.6 Å². The summed E-state index contributed by atoms with van der Waals surface area (Å²) in [5.74, 6) is 0.748. The van der Waals surface area contributed by atoms with Crippen molar-refractivity contribution in [2.24, 2.45) is 0 Å². The number of hydrogen-bond acceptors (Lipinski definition) is 4. The van der Waals surface area contributed by atoms with E-state index >= 15 is 0 Å². The van der Waals surface area contributed by atoms with Crippen molar-refractivity contribution < 1.29 is 0 Å². The van der Waals surface area contributed by atoms with Gasteiger partial charge in [0, 0.05) is 22.1 Å². The number of fused-ring (bicyclic) bond motifs is 2. The lowest BCUT2D eigenvalue weighted by molar-refractivity contribution is 1.01. The Bertz CT molecular complexity index is 1260. The molecule has 27 heavy (non-hydrogen) atoms. The van der Waals surface area contributed by atoms with Crippen molar-refractivity contribution in [2.45, 2.75) is 6.92 Å². The highest BCUT2D eigenvalue weighted by Gasteiger charge is 2.09. The summed E-state index contributed by atoms with van der Waals surface area (Å²) in [6, 6.07) is 24.5. The van der Waals surface area contributed by atoms with Crippen LogP contribution in [-0.4, -0.2) is 19.7 Å². The van der Waals surface area contributed by atoms with Crippen molar-refractivity contribution in [3.63, 3.8) is 0 Å². The molecule has 130 valence electrons. The van der Waals surface area contributed by atoms with Crippen LogP contribution < -0.4 is 5.32 Å². The van der Waals surface area contributed by atoms with Crippen LogP contribution in [-0.2, 0) is 0 Å². The number of rotatable bonds is 3.